The van der Waals surface area contributed by atoms with Crippen molar-refractivity contribution in [1.29, 1.82) is 0 Å². The minimum Gasteiger partial charge on any atom is -0.457 e. The van der Waals surface area contributed by atoms with Gasteiger partial charge in [0.1, 0.15) is 18.6 Å². The van der Waals surface area contributed by atoms with Crippen LogP contribution in [0.3, 0.4) is 0 Å². The van der Waals surface area contributed by atoms with Crippen molar-refractivity contribution in [2.75, 3.05) is 13.3 Å². The molecular weight excluding hydrogens is 459 g/mol. The van der Waals surface area contributed by atoms with Crippen LogP contribution in [0.4, 0.5) is 0 Å². The molecule has 1 spiro atoms. The van der Waals surface area contributed by atoms with Crippen molar-refractivity contribution in [1.82, 2.24) is 0 Å². The third-order valence-electron chi connectivity index (χ3n) is 7.67. The zero-order valence-corrected chi connectivity index (χ0v) is 21.1. The maximum atomic E-state index is 12.6. The molecular formula is C33H25O2P. The number of hydrogen-bond acceptors (Lipinski definition) is 2. The molecule has 0 bridgehead atoms. The van der Waals surface area contributed by atoms with E-state index in [0.29, 0.717) is 0 Å². The van der Waals surface area contributed by atoms with E-state index in [9.17, 15) is 4.57 Å². The Labute approximate surface area is 211 Å². The van der Waals surface area contributed by atoms with Crippen molar-refractivity contribution >= 4 is 12.4 Å². The molecule has 174 valence electrons. The van der Waals surface area contributed by atoms with Gasteiger partial charge >= 0.3 is 0 Å². The molecule has 0 saturated carbocycles. The lowest BCUT2D eigenvalue weighted by atomic mass is 9.66. The molecule has 3 heteroatoms. The van der Waals surface area contributed by atoms with Crippen LogP contribution >= 0.6 is 7.14 Å². The van der Waals surface area contributed by atoms with Crippen molar-refractivity contribution < 1.29 is 9.30 Å². The third kappa shape index (κ3) is 2.89. The molecule has 0 fully saturated rings. The van der Waals surface area contributed by atoms with E-state index in [1.54, 1.807) is 0 Å². The Bertz CT molecular complexity index is 1660. The van der Waals surface area contributed by atoms with Gasteiger partial charge < -0.3 is 9.30 Å². The predicted molar refractivity (Wildman–Crippen MR) is 148 cm³/mol. The summed E-state index contributed by atoms with van der Waals surface area (Å²) in [6, 6.07) is 40.6. The van der Waals surface area contributed by atoms with Crippen LogP contribution < -0.4 is 10.0 Å². The van der Waals surface area contributed by atoms with E-state index in [0.717, 1.165) is 27.9 Å². The van der Waals surface area contributed by atoms with Crippen molar-refractivity contribution in [3.8, 4) is 33.8 Å². The van der Waals surface area contributed by atoms with Crippen LogP contribution in [0.5, 0.6) is 11.5 Å². The van der Waals surface area contributed by atoms with Crippen LogP contribution in [-0.4, -0.2) is 13.3 Å². The summed E-state index contributed by atoms with van der Waals surface area (Å²) in [6.07, 6.45) is 0. The molecule has 1 aliphatic heterocycles. The van der Waals surface area contributed by atoms with Gasteiger partial charge in [0.05, 0.1) is 5.41 Å². The van der Waals surface area contributed by atoms with Gasteiger partial charge in [0.25, 0.3) is 0 Å². The maximum absolute atomic E-state index is 12.6. The summed E-state index contributed by atoms with van der Waals surface area (Å²) in [6.45, 7) is 3.64. The van der Waals surface area contributed by atoms with Gasteiger partial charge in [-0.1, -0.05) is 97.1 Å². The Kier molecular flexibility index (Phi) is 4.50. The molecule has 2 aliphatic rings. The maximum Gasteiger partial charge on any atom is 0.132 e. The summed E-state index contributed by atoms with van der Waals surface area (Å²) in [5.41, 5.74) is 9.21. The minimum absolute atomic E-state index is 0.462. The summed E-state index contributed by atoms with van der Waals surface area (Å²) in [7, 11) is -2.30. The lowest BCUT2D eigenvalue weighted by molar-refractivity contribution is 0.436. The van der Waals surface area contributed by atoms with Crippen LogP contribution in [0.1, 0.15) is 22.3 Å². The number of benzene rings is 5. The quantitative estimate of drug-likeness (QED) is 0.232. The van der Waals surface area contributed by atoms with Gasteiger partial charge in [0.2, 0.25) is 0 Å². The van der Waals surface area contributed by atoms with E-state index < -0.39 is 12.6 Å². The highest BCUT2D eigenvalue weighted by molar-refractivity contribution is 7.70. The van der Waals surface area contributed by atoms with Crippen LogP contribution in [0.25, 0.3) is 22.3 Å². The van der Waals surface area contributed by atoms with Gasteiger partial charge in [-0.2, -0.15) is 0 Å². The highest BCUT2D eigenvalue weighted by Gasteiger charge is 2.50. The zero-order valence-electron chi connectivity index (χ0n) is 20.2. The topological polar surface area (TPSA) is 26.3 Å². The van der Waals surface area contributed by atoms with Crippen LogP contribution in [-0.2, 0) is 9.98 Å². The third-order valence-corrected chi connectivity index (χ3v) is 9.21. The molecule has 36 heavy (non-hydrogen) atoms. The Hall–Kier alpha value is -3.87. The van der Waals surface area contributed by atoms with Crippen molar-refractivity contribution in [3.63, 3.8) is 0 Å². The van der Waals surface area contributed by atoms with Crippen LogP contribution in [0, 0.1) is 0 Å². The summed E-state index contributed by atoms with van der Waals surface area (Å²) < 4.78 is 19.0. The fourth-order valence-electron chi connectivity index (χ4n) is 6.05. The number of ether oxygens (including phenoxy) is 1. The fourth-order valence-corrected chi connectivity index (χ4v) is 6.91. The largest absolute Gasteiger partial charge is 0.457 e. The van der Waals surface area contributed by atoms with E-state index in [1.807, 2.05) is 37.6 Å². The Balaban J connectivity index is 1.54. The molecule has 5 aromatic carbocycles. The predicted octanol–water partition coefficient (Wildman–Crippen LogP) is 8.07. The van der Waals surface area contributed by atoms with Gasteiger partial charge in [0.15, 0.2) is 0 Å². The molecule has 2 nitrogen and oxygen atoms in total. The van der Waals surface area contributed by atoms with E-state index >= 15 is 0 Å². The standard InChI is InChI=1S/C33H25O2P/c1-36(2,34)24-18-15-22(16-19-24)23-17-20-26-25-9-3-4-10-27(25)33(30(26)21-23)28-11-5-7-13-31(28)35-32-14-8-6-12-29(32)33/h3-21H,1-2H3. The molecule has 0 unspecified atom stereocenters. The Morgan fingerprint density at radius 3 is 1.72 bits per heavy atom. The second kappa shape index (κ2) is 7.56. The average molecular weight is 485 g/mol. The fraction of sp³-hybridized carbons (Fsp3) is 0.0909. The molecule has 0 radical (unpaired) electrons. The average Bonchev–Trinajstić information content (AvgIpc) is 3.19. The monoisotopic (exact) mass is 484 g/mol. The molecule has 0 N–H and O–H groups in total. The molecule has 5 aromatic rings. The molecule has 1 aliphatic carbocycles. The SMILES string of the molecule is CP(C)(=O)c1ccc(-c2ccc3c(c2)C2(c4ccccc4Oc4ccccc42)c2ccccc2-3)cc1. The number of rotatable bonds is 2. The lowest BCUT2D eigenvalue weighted by Gasteiger charge is -2.39. The summed E-state index contributed by atoms with van der Waals surface area (Å²) in [5, 5.41) is 0.906. The molecule has 0 saturated heterocycles. The number of para-hydroxylation sites is 2. The minimum atomic E-state index is -2.30. The first-order valence-corrected chi connectivity index (χ1v) is 14.9. The van der Waals surface area contributed by atoms with Crippen molar-refractivity contribution in [2.45, 2.75) is 5.41 Å². The van der Waals surface area contributed by atoms with Crippen molar-refractivity contribution in [3.05, 3.63) is 138 Å². The van der Waals surface area contributed by atoms with Crippen LogP contribution in [0.15, 0.2) is 115 Å². The van der Waals surface area contributed by atoms with Gasteiger partial charge in [0, 0.05) is 16.4 Å². The zero-order chi connectivity index (χ0) is 24.5. The van der Waals surface area contributed by atoms with E-state index in [4.69, 9.17) is 4.74 Å². The Morgan fingerprint density at radius 2 is 1.08 bits per heavy atom. The van der Waals surface area contributed by atoms with Gasteiger partial charge in [-0.15, -0.1) is 0 Å². The summed E-state index contributed by atoms with van der Waals surface area (Å²) in [4.78, 5) is 0. The first-order chi connectivity index (χ1) is 17.5. The second-order valence-corrected chi connectivity index (χ2v) is 13.3. The van der Waals surface area contributed by atoms with E-state index in [1.165, 1.54) is 33.4 Å². The van der Waals surface area contributed by atoms with Gasteiger partial charge in [-0.05, 0) is 64.9 Å². The summed E-state index contributed by atoms with van der Waals surface area (Å²) >= 11 is 0. The molecule has 0 atom stereocenters. The molecule has 7 rings (SSSR count). The van der Waals surface area contributed by atoms with Gasteiger partial charge in [-0.25, -0.2) is 0 Å². The van der Waals surface area contributed by atoms with Crippen molar-refractivity contribution in [2.24, 2.45) is 0 Å². The van der Waals surface area contributed by atoms with E-state index in [-0.39, 0.29) is 0 Å². The normalized spacial score (nSPS) is 14.4. The highest BCUT2D eigenvalue weighted by atomic mass is 31.2. The van der Waals surface area contributed by atoms with Crippen LogP contribution in [0.2, 0.25) is 0 Å². The molecule has 0 aromatic heterocycles. The molecule has 1 heterocycles. The smallest absolute Gasteiger partial charge is 0.132 e. The lowest BCUT2D eigenvalue weighted by Crippen LogP contribution is -2.32. The second-order valence-electron chi connectivity index (χ2n) is 10.0. The first-order valence-electron chi connectivity index (χ1n) is 12.3. The highest BCUT2D eigenvalue weighted by Crippen LogP contribution is 2.62. The van der Waals surface area contributed by atoms with E-state index in [2.05, 4.69) is 91.0 Å². The number of fused-ring (bicyclic) bond motifs is 9. The molecule has 0 amide bonds. The van der Waals surface area contributed by atoms with Gasteiger partial charge in [-0.3, -0.25) is 0 Å². The Morgan fingerprint density at radius 1 is 0.556 bits per heavy atom. The number of hydrogen-bond donors (Lipinski definition) is 0. The first kappa shape index (κ1) is 21.4. The summed E-state index contributed by atoms with van der Waals surface area (Å²) in [5.74, 6) is 1.80.